The molecule has 0 aliphatic rings. The summed E-state index contributed by atoms with van der Waals surface area (Å²) < 4.78 is 23.0. The van der Waals surface area contributed by atoms with E-state index in [1.165, 1.54) is 0 Å². The zero-order valence-corrected chi connectivity index (χ0v) is 10.9. The van der Waals surface area contributed by atoms with Gasteiger partial charge in [-0.1, -0.05) is 0 Å². The van der Waals surface area contributed by atoms with E-state index in [2.05, 4.69) is 4.52 Å². The number of rotatable bonds is 6. The predicted octanol–water partition coefficient (Wildman–Crippen LogP) is -3.55. The molecule has 0 aliphatic carbocycles. The van der Waals surface area contributed by atoms with Crippen molar-refractivity contribution in [1.29, 1.82) is 0 Å². The van der Waals surface area contributed by atoms with Gasteiger partial charge in [-0.15, -0.1) is 0 Å². The molecule has 0 radical (unpaired) electrons. The number of hydrogen-bond donors (Lipinski definition) is 8. The van der Waals surface area contributed by atoms with Crippen LogP contribution in [0.5, 0.6) is 0 Å². The number of carbonyl (C=O) groups is 1. The molecule has 0 aromatic carbocycles. The van der Waals surface area contributed by atoms with Gasteiger partial charge in [-0.05, 0) is 0 Å². The van der Waals surface area contributed by atoms with E-state index in [0.29, 0.717) is 0 Å². The Morgan fingerprint density at radius 3 is 1.63 bits per heavy atom. The highest BCUT2D eigenvalue weighted by Gasteiger charge is 2.32. The third kappa shape index (κ3) is 15.7. The minimum atomic E-state index is -4.93. The molecule has 0 bridgehead atoms. The Balaban J connectivity index is 0. The van der Waals surface area contributed by atoms with E-state index >= 15 is 0 Å². The molecular weight excluding hydrogens is 314 g/mol. The van der Waals surface area contributed by atoms with Crippen LogP contribution in [0.25, 0.3) is 0 Å². The van der Waals surface area contributed by atoms with Gasteiger partial charge in [-0.3, -0.25) is 4.52 Å². The standard InChI is InChI=1S/C5H11O8P.H3O4P/c6-1-3(8)5(9)4(2-7)13-14(10,11)12;1-5(2,3)4/h2-6,8-9H,1H2,(H2,10,11,12);(H3,1,2,3,4)/t3-,4+,5-;/m1./s1. The molecule has 0 aliphatic heterocycles. The van der Waals surface area contributed by atoms with Gasteiger partial charge in [0.1, 0.15) is 12.2 Å². The van der Waals surface area contributed by atoms with Crippen molar-refractivity contribution in [3.8, 4) is 0 Å². The maximum atomic E-state index is 10.3. The molecule has 3 atom stereocenters. The average molecular weight is 328 g/mol. The first-order valence-corrected chi connectivity index (χ1v) is 7.36. The molecule has 12 nitrogen and oxygen atoms in total. The maximum Gasteiger partial charge on any atom is 0.470 e. The summed E-state index contributed by atoms with van der Waals surface area (Å²) in [4.78, 5) is 48.4. The first-order chi connectivity index (χ1) is 8.31. The highest BCUT2D eigenvalue weighted by atomic mass is 31.2. The summed E-state index contributed by atoms with van der Waals surface area (Å²) in [5.74, 6) is 0. The molecular formula is C5H14O12P2. The molecule has 0 heterocycles. The zero-order chi connectivity index (χ0) is 15.9. The second kappa shape index (κ2) is 8.84. The normalized spacial score (nSPS) is 16.8. The van der Waals surface area contributed by atoms with Gasteiger partial charge in [0.05, 0.1) is 6.61 Å². The van der Waals surface area contributed by atoms with Crippen molar-refractivity contribution in [3.05, 3.63) is 0 Å². The molecule has 0 saturated heterocycles. The van der Waals surface area contributed by atoms with Crippen LogP contribution in [0.3, 0.4) is 0 Å². The second-order valence-electron chi connectivity index (χ2n) is 2.95. The molecule has 0 saturated carbocycles. The first kappa shape index (κ1) is 21.1. The van der Waals surface area contributed by atoms with Crippen LogP contribution in [0.1, 0.15) is 0 Å². The quantitative estimate of drug-likeness (QED) is 0.175. The number of phosphoric acid groups is 2. The van der Waals surface area contributed by atoms with E-state index in [-0.39, 0.29) is 6.29 Å². The predicted molar refractivity (Wildman–Crippen MR) is 56.3 cm³/mol. The van der Waals surface area contributed by atoms with Gasteiger partial charge in [0.15, 0.2) is 12.4 Å². The largest absolute Gasteiger partial charge is 0.470 e. The summed E-state index contributed by atoms with van der Waals surface area (Å²) in [5.41, 5.74) is 0. The molecule has 0 unspecified atom stereocenters. The van der Waals surface area contributed by atoms with Gasteiger partial charge >= 0.3 is 15.6 Å². The fourth-order valence-electron chi connectivity index (χ4n) is 0.653. The topological polar surface area (TPSA) is 222 Å². The second-order valence-corrected chi connectivity index (χ2v) is 5.17. The van der Waals surface area contributed by atoms with Crippen molar-refractivity contribution in [2.75, 3.05) is 6.61 Å². The Hall–Kier alpha value is -0.230. The van der Waals surface area contributed by atoms with Crippen LogP contribution in [-0.4, -0.2) is 71.0 Å². The van der Waals surface area contributed by atoms with E-state index in [9.17, 15) is 9.36 Å². The summed E-state index contributed by atoms with van der Waals surface area (Å²) >= 11 is 0. The highest BCUT2D eigenvalue weighted by molar-refractivity contribution is 7.46. The van der Waals surface area contributed by atoms with E-state index in [1.807, 2.05) is 0 Å². The van der Waals surface area contributed by atoms with Crippen molar-refractivity contribution in [3.63, 3.8) is 0 Å². The molecule has 0 spiro atoms. The van der Waals surface area contributed by atoms with Gasteiger partial charge in [0, 0.05) is 0 Å². The molecule has 0 fully saturated rings. The van der Waals surface area contributed by atoms with Gasteiger partial charge in [0.25, 0.3) is 0 Å². The Morgan fingerprint density at radius 2 is 1.42 bits per heavy atom. The molecule has 14 heteroatoms. The van der Waals surface area contributed by atoms with Crippen LogP contribution in [0.2, 0.25) is 0 Å². The van der Waals surface area contributed by atoms with E-state index in [4.69, 9.17) is 44.4 Å². The Labute approximate surface area is 106 Å². The fraction of sp³-hybridized carbons (Fsp3) is 0.800. The van der Waals surface area contributed by atoms with Gasteiger partial charge in [0.2, 0.25) is 0 Å². The SMILES string of the molecule is O=C[C@H](OP(=O)(O)O)[C@H](O)[C@H](O)CO.O=P(O)(O)O. The number of carbonyl (C=O) groups excluding carboxylic acids is 1. The number of aliphatic hydroxyl groups excluding tert-OH is 3. The van der Waals surface area contributed by atoms with Crippen molar-refractivity contribution in [2.45, 2.75) is 18.3 Å². The zero-order valence-electron chi connectivity index (χ0n) is 9.12. The third-order valence-electron chi connectivity index (χ3n) is 1.31. The minimum absolute atomic E-state index is 0.0807. The van der Waals surface area contributed by atoms with Crippen LogP contribution in [0.15, 0.2) is 0 Å². The number of hydrogen-bond acceptors (Lipinski definition) is 7. The number of phosphoric ester groups is 1. The van der Waals surface area contributed by atoms with Crippen LogP contribution in [0.4, 0.5) is 0 Å². The maximum absolute atomic E-state index is 10.3. The highest BCUT2D eigenvalue weighted by Crippen LogP contribution is 2.38. The summed E-state index contributed by atoms with van der Waals surface area (Å²) in [6, 6.07) is 0. The van der Waals surface area contributed by atoms with Crippen molar-refractivity contribution < 1.29 is 58.2 Å². The lowest BCUT2D eigenvalue weighted by atomic mass is 10.1. The van der Waals surface area contributed by atoms with Crippen LogP contribution < -0.4 is 0 Å². The summed E-state index contributed by atoms with van der Waals surface area (Å²) in [6.07, 6.45) is -5.58. The fourth-order valence-corrected chi connectivity index (χ4v) is 1.14. The van der Waals surface area contributed by atoms with Crippen molar-refractivity contribution in [1.82, 2.24) is 0 Å². The van der Waals surface area contributed by atoms with Crippen molar-refractivity contribution in [2.24, 2.45) is 0 Å². The summed E-state index contributed by atoms with van der Waals surface area (Å²) in [5, 5.41) is 26.2. The third-order valence-corrected chi connectivity index (χ3v) is 1.83. The lowest BCUT2D eigenvalue weighted by Crippen LogP contribution is -2.41. The Bertz CT molecular complexity index is 336. The van der Waals surface area contributed by atoms with Crippen molar-refractivity contribution >= 4 is 21.9 Å². The van der Waals surface area contributed by atoms with Crippen LogP contribution >= 0.6 is 15.6 Å². The summed E-state index contributed by atoms with van der Waals surface area (Å²) in [6.45, 7) is -0.865. The molecule has 116 valence electrons. The first-order valence-electron chi connectivity index (χ1n) is 4.26. The van der Waals surface area contributed by atoms with E-state index < -0.39 is 40.6 Å². The van der Waals surface area contributed by atoms with Gasteiger partial charge < -0.3 is 44.6 Å². The molecule has 0 aromatic rings. The van der Waals surface area contributed by atoms with Gasteiger partial charge in [-0.25, -0.2) is 9.13 Å². The molecule has 8 N–H and O–H groups in total. The average Bonchev–Trinajstić information content (AvgIpc) is 2.20. The van der Waals surface area contributed by atoms with E-state index in [1.54, 1.807) is 0 Å². The van der Waals surface area contributed by atoms with E-state index in [0.717, 1.165) is 0 Å². The lowest BCUT2D eigenvalue weighted by molar-refractivity contribution is -0.126. The Morgan fingerprint density at radius 1 is 1.05 bits per heavy atom. The minimum Gasteiger partial charge on any atom is -0.394 e. The number of aliphatic hydroxyl groups is 3. The lowest BCUT2D eigenvalue weighted by Gasteiger charge is -2.21. The van der Waals surface area contributed by atoms with Gasteiger partial charge in [-0.2, -0.15) is 0 Å². The molecule has 0 amide bonds. The summed E-state index contributed by atoms with van der Waals surface area (Å²) in [7, 11) is -9.57. The monoisotopic (exact) mass is 328 g/mol. The molecule has 0 aromatic heterocycles. The Kier molecular flexibility index (Phi) is 9.81. The van der Waals surface area contributed by atoms with Crippen LogP contribution in [-0.2, 0) is 18.4 Å². The smallest absolute Gasteiger partial charge is 0.394 e. The molecule has 0 rings (SSSR count). The number of aldehydes is 1. The van der Waals surface area contributed by atoms with Crippen LogP contribution in [0, 0.1) is 0 Å². The molecule has 19 heavy (non-hydrogen) atoms.